The van der Waals surface area contributed by atoms with Crippen molar-refractivity contribution in [2.24, 2.45) is 5.73 Å². The molecule has 0 spiro atoms. The highest BCUT2D eigenvalue weighted by atomic mass is 32.1. The summed E-state index contributed by atoms with van der Waals surface area (Å²) in [6.07, 6.45) is 1.68. The third-order valence-electron chi connectivity index (χ3n) is 2.73. The van der Waals surface area contributed by atoms with Crippen molar-refractivity contribution in [3.8, 4) is 10.7 Å². The molecule has 0 bridgehead atoms. The van der Waals surface area contributed by atoms with E-state index in [2.05, 4.69) is 25.1 Å². The number of nitrogens with zero attached hydrogens (tertiary/aromatic N) is 4. The van der Waals surface area contributed by atoms with Crippen LogP contribution in [0.15, 0.2) is 0 Å². The Morgan fingerprint density at radius 2 is 2.05 bits per heavy atom. The van der Waals surface area contributed by atoms with Gasteiger partial charge in [-0.3, -0.25) is 5.10 Å². The number of aromatic nitrogens is 4. The van der Waals surface area contributed by atoms with Gasteiger partial charge in [-0.1, -0.05) is 0 Å². The third-order valence-corrected chi connectivity index (χ3v) is 3.94. The van der Waals surface area contributed by atoms with Gasteiger partial charge < -0.3 is 10.6 Å². The number of aromatic amines is 1. The molecule has 0 saturated heterocycles. The molecule has 0 amide bonds. The highest BCUT2D eigenvalue weighted by Crippen LogP contribution is 2.27. The Hall–Kier alpha value is -1.31. The van der Waals surface area contributed by atoms with Crippen LogP contribution in [0.4, 0.5) is 0 Å². The molecule has 2 aromatic heterocycles. The fraction of sp³-hybridized carbons (Fsp3) is 0.583. The summed E-state index contributed by atoms with van der Waals surface area (Å²) in [5.74, 6) is 1.66. The quantitative estimate of drug-likeness (QED) is 0.819. The monoisotopic (exact) mass is 280 g/mol. The largest absolute Gasteiger partial charge is 0.330 e. The summed E-state index contributed by atoms with van der Waals surface area (Å²) < 4.78 is 0. The zero-order valence-electron chi connectivity index (χ0n) is 11.6. The molecule has 0 saturated carbocycles. The summed E-state index contributed by atoms with van der Waals surface area (Å²) in [6.45, 7) is 3.56. The van der Waals surface area contributed by atoms with Crippen LogP contribution in [0.25, 0.3) is 10.7 Å². The second-order valence-electron chi connectivity index (χ2n) is 4.72. The summed E-state index contributed by atoms with van der Waals surface area (Å²) in [7, 11) is 4.09. The Labute approximate surface area is 117 Å². The van der Waals surface area contributed by atoms with Crippen LogP contribution in [0.1, 0.15) is 16.5 Å². The molecule has 3 N–H and O–H groups in total. The first-order valence-corrected chi connectivity index (χ1v) is 7.14. The van der Waals surface area contributed by atoms with Gasteiger partial charge in [-0.2, -0.15) is 5.10 Å². The summed E-state index contributed by atoms with van der Waals surface area (Å²) in [6, 6.07) is 0. The average Bonchev–Trinajstić information content (AvgIpc) is 2.94. The van der Waals surface area contributed by atoms with Crippen LogP contribution >= 0.6 is 11.3 Å². The maximum absolute atomic E-state index is 5.56. The highest BCUT2D eigenvalue weighted by molar-refractivity contribution is 7.15. The van der Waals surface area contributed by atoms with Crippen molar-refractivity contribution in [2.45, 2.75) is 19.8 Å². The van der Waals surface area contributed by atoms with E-state index in [1.165, 1.54) is 0 Å². The average molecular weight is 280 g/mol. The predicted octanol–water partition coefficient (Wildman–Crippen LogP) is 0.842. The summed E-state index contributed by atoms with van der Waals surface area (Å²) in [4.78, 5) is 12.2. The van der Waals surface area contributed by atoms with Gasteiger partial charge in [0.2, 0.25) is 0 Å². The van der Waals surface area contributed by atoms with Gasteiger partial charge in [-0.15, -0.1) is 11.3 Å². The fourth-order valence-corrected chi connectivity index (χ4v) is 2.74. The van der Waals surface area contributed by atoms with Crippen molar-refractivity contribution >= 4 is 11.3 Å². The topological polar surface area (TPSA) is 83.7 Å². The number of rotatable bonds is 6. The molecular weight excluding hydrogens is 260 g/mol. The normalized spacial score (nSPS) is 11.4. The van der Waals surface area contributed by atoms with Crippen LogP contribution in [0.5, 0.6) is 0 Å². The number of aryl methyl sites for hydroxylation is 1. The van der Waals surface area contributed by atoms with Gasteiger partial charge in [0.15, 0.2) is 5.82 Å². The molecule has 2 heterocycles. The van der Waals surface area contributed by atoms with Gasteiger partial charge in [-0.25, -0.2) is 9.97 Å². The highest BCUT2D eigenvalue weighted by Gasteiger charge is 2.14. The van der Waals surface area contributed by atoms with Crippen LogP contribution in [0.3, 0.4) is 0 Å². The second-order valence-corrected chi connectivity index (χ2v) is 5.80. The minimum atomic E-state index is 0.620. The summed E-state index contributed by atoms with van der Waals surface area (Å²) in [5, 5.41) is 8.33. The lowest BCUT2D eigenvalue weighted by Gasteiger charge is -2.06. The molecule has 7 heteroatoms. The van der Waals surface area contributed by atoms with Gasteiger partial charge in [0.25, 0.3) is 0 Å². The van der Waals surface area contributed by atoms with Gasteiger partial charge in [0.05, 0.1) is 15.6 Å². The Bertz CT molecular complexity index is 530. The third kappa shape index (κ3) is 3.59. The van der Waals surface area contributed by atoms with Crippen molar-refractivity contribution < 1.29 is 0 Å². The first-order valence-electron chi connectivity index (χ1n) is 6.33. The van der Waals surface area contributed by atoms with Gasteiger partial charge in [0.1, 0.15) is 5.82 Å². The van der Waals surface area contributed by atoms with Crippen LogP contribution in [0, 0.1) is 6.92 Å². The molecule has 6 nitrogen and oxygen atoms in total. The maximum Gasteiger partial charge on any atom is 0.193 e. The standard InChI is InChI=1S/C12H20N6S/c1-8-11(19-10(14-8)4-6-13)12-15-9(16-17-12)5-7-18(2)3/h4-7,13H2,1-3H3,(H,15,16,17). The number of hydrogen-bond acceptors (Lipinski definition) is 6. The van der Waals surface area contributed by atoms with E-state index in [0.29, 0.717) is 6.54 Å². The Balaban J connectivity index is 2.13. The molecule has 0 aliphatic rings. The first kappa shape index (κ1) is 14.1. The number of thiazole rings is 1. The number of hydrogen-bond donors (Lipinski definition) is 2. The van der Waals surface area contributed by atoms with Gasteiger partial charge in [0, 0.05) is 19.4 Å². The Kier molecular flexibility index (Phi) is 4.62. The van der Waals surface area contributed by atoms with E-state index in [4.69, 9.17) is 5.73 Å². The maximum atomic E-state index is 5.56. The fourth-order valence-electron chi connectivity index (χ4n) is 1.73. The van der Waals surface area contributed by atoms with Gasteiger partial charge in [-0.05, 0) is 27.6 Å². The molecule has 2 aromatic rings. The number of likely N-dealkylation sites (N-methyl/N-ethyl adjacent to an activating group) is 1. The van der Waals surface area contributed by atoms with E-state index >= 15 is 0 Å². The van der Waals surface area contributed by atoms with Crippen LogP contribution in [0.2, 0.25) is 0 Å². The van der Waals surface area contributed by atoms with Crippen molar-refractivity contribution in [1.82, 2.24) is 25.1 Å². The predicted molar refractivity (Wildman–Crippen MR) is 77.2 cm³/mol. The lowest BCUT2D eigenvalue weighted by Crippen LogP contribution is -2.15. The summed E-state index contributed by atoms with van der Waals surface area (Å²) >= 11 is 1.63. The molecule has 0 fully saturated rings. The van der Waals surface area contributed by atoms with E-state index in [-0.39, 0.29) is 0 Å². The van der Waals surface area contributed by atoms with Crippen LogP contribution < -0.4 is 5.73 Å². The molecule has 104 valence electrons. The minimum absolute atomic E-state index is 0.620. The molecule has 0 radical (unpaired) electrons. The molecule has 2 rings (SSSR count). The number of H-pyrrole nitrogens is 1. The van der Waals surface area contributed by atoms with Crippen LogP contribution in [-0.4, -0.2) is 52.3 Å². The van der Waals surface area contributed by atoms with Crippen molar-refractivity contribution in [1.29, 1.82) is 0 Å². The first-order chi connectivity index (χ1) is 9.10. The van der Waals surface area contributed by atoms with E-state index < -0.39 is 0 Å². The molecule has 0 atom stereocenters. The minimum Gasteiger partial charge on any atom is -0.330 e. The second kappa shape index (κ2) is 6.23. The van der Waals surface area contributed by atoms with E-state index in [9.17, 15) is 0 Å². The molecule has 0 aliphatic carbocycles. The lowest BCUT2D eigenvalue weighted by molar-refractivity contribution is 0.410. The van der Waals surface area contributed by atoms with Crippen molar-refractivity contribution in [2.75, 3.05) is 27.2 Å². The molecule has 0 unspecified atom stereocenters. The smallest absolute Gasteiger partial charge is 0.193 e. The summed E-state index contributed by atoms with van der Waals surface area (Å²) in [5.41, 5.74) is 6.53. The van der Waals surface area contributed by atoms with Crippen molar-refractivity contribution in [3.05, 3.63) is 16.5 Å². The zero-order chi connectivity index (χ0) is 13.8. The molecule has 0 aliphatic heterocycles. The zero-order valence-corrected chi connectivity index (χ0v) is 12.4. The van der Waals surface area contributed by atoms with E-state index in [0.717, 1.165) is 46.6 Å². The Morgan fingerprint density at radius 1 is 1.26 bits per heavy atom. The molecular formula is C12H20N6S. The lowest BCUT2D eigenvalue weighted by atomic mass is 10.3. The van der Waals surface area contributed by atoms with Crippen LogP contribution in [-0.2, 0) is 12.8 Å². The van der Waals surface area contributed by atoms with E-state index in [1.807, 2.05) is 21.0 Å². The molecule has 19 heavy (non-hydrogen) atoms. The van der Waals surface area contributed by atoms with E-state index in [1.54, 1.807) is 11.3 Å². The Morgan fingerprint density at radius 3 is 2.74 bits per heavy atom. The van der Waals surface area contributed by atoms with Crippen molar-refractivity contribution in [3.63, 3.8) is 0 Å². The van der Waals surface area contributed by atoms with Gasteiger partial charge >= 0.3 is 0 Å². The SMILES string of the molecule is Cc1nc(CCN)sc1-c1n[nH]c(CCN(C)C)n1. The number of nitrogens with one attached hydrogen (secondary N) is 1. The molecule has 0 aromatic carbocycles. The number of nitrogens with two attached hydrogens (primary N) is 1.